The van der Waals surface area contributed by atoms with Gasteiger partial charge in [-0.15, -0.1) is 0 Å². The molecule has 0 saturated carbocycles. The van der Waals surface area contributed by atoms with E-state index in [-0.39, 0.29) is 17.0 Å². The molecule has 0 heterocycles. The van der Waals surface area contributed by atoms with Crippen LogP contribution in [-0.4, -0.2) is 17.0 Å². The molecule has 0 aromatic heterocycles. The Hall–Kier alpha value is -4.00. The molecule has 1 N–H and O–H groups in total. The molecule has 164 valence electrons. The Bertz CT molecular complexity index is 1100. The van der Waals surface area contributed by atoms with Crippen LogP contribution >= 0.6 is 0 Å². The van der Waals surface area contributed by atoms with E-state index in [2.05, 4.69) is 43.4 Å². The number of nitro benzene ring substituents is 1. The van der Waals surface area contributed by atoms with Crippen molar-refractivity contribution in [2.45, 2.75) is 32.8 Å². The third-order valence-corrected chi connectivity index (χ3v) is 4.83. The first-order valence-electron chi connectivity index (χ1n) is 10.1. The fourth-order valence-corrected chi connectivity index (χ4v) is 2.88. The molecule has 0 atom stereocenters. The number of rotatable bonds is 7. The predicted octanol–water partition coefficient (Wildman–Crippen LogP) is 5.24. The Morgan fingerprint density at radius 2 is 1.62 bits per heavy atom. The molecular weight excluding hydrogens is 406 g/mol. The molecule has 0 radical (unpaired) electrons. The average Bonchev–Trinajstić information content (AvgIpc) is 2.78. The summed E-state index contributed by atoms with van der Waals surface area (Å²) in [5, 5.41) is 14.6. The average molecular weight is 431 g/mol. The Morgan fingerprint density at radius 1 is 1.00 bits per heavy atom. The number of carbonyl (C=O) groups excluding carboxylic acids is 1. The predicted molar refractivity (Wildman–Crippen MR) is 124 cm³/mol. The van der Waals surface area contributed by atoms with Gasteiger partial charge in [0, 0.05) is 17.7 Å². The standard InChI is InChI=1S/C25H25N3O4/c1-25(2,3)21-10-14-23(15-11-21)32-17-19-4-8-20(9-5-19)24(29)27-26-16-18-6-12-22(13-7-18)28(30)31/h4-16H,17H2,1-3H3,(H,27,29)/b26-16+. The molecule has 0 spiro atoms. The second-order valence-corrected chi connectivity index (χ2v) is 8.31. The number of hydrogen-bond acceptors (Lipinski definition) is 5. The molecular formula is C25H25N3O4. The summed E-state index contributed by atoms with van der Waals surface area (Å²) in [5.41, 5.74) is 5.83. The van der Waals surface area contributed by atoms with Crippen LogP contribution in [0.1, 0.15) is 47.8 Å². The molecule has 0 bridgehead atoms. The normalized spacial score (nSPS) is 11.3. The van der Waals surface area contributed by atoms with Gasteiger partial charge in [-0.3, -0.25) is 14.9 Å². The van der Waals surface area contributed by atoms with E-state index in [1.54, 1.807) is 24.3 Å². The van der Waals surface area contributed by atoms with Gasteiger partial charge in [-0.05, 0) is 58.5 Å². The second-order valence-electron chi connectivity index (χ2n) is 8.31. The molecule has 0 unspecified atom stereocenters. The van der Waals surface area contributed by atoms with Gasteiger partial charge in [-0.25, -0.2) is 5.43 Å². The number of hydrazone groups is 1. The van der Waals surface area contributed by atoms with Gasteiger partial charge in [0.15, 0.2) is 0 Å². The highest BCUT2D eigenvalue weighted by Crippen LogP contribution is 2.24. The van der Waals surface area contributed by atoms with Crippen molar-refractivity contribution in [3.63, 3.8) is 0 Å². The van der Waals surface area contributed by atoms with E-state index >= 15 is 0 Å². The van der Waals surface area contributed by atoms with Crippen LogP contribution in [0.2, 0.25) is 0 Å². The van der Waals surface area contributed by atoms with Gasteiger partial charge < -0.3 is 4.74 Å². The Morgan fingerprint density at radius 3 is 2.19 bits per heavy atom. The first-order valence-corrected chi connectivity index (χ1v) is 10.1. The lowest BCUT2D eigenvalue weighted by Gasteiger charge is -2.19. The van der Waals surface area contributed by atoms with Crippen molar-refractivity contribution >= 4 is 17.8 Å². The lowest BCUT2D eigenvalue weighted by molar-refractivity contribution is -0.384. The van der Waals surface area contributed by atoms with E-state index in [0.717, 1.165) is 11.3 Å². The van der Waals surface area contributed by atoms with Crippen molar-refractivity contribution < 1.29 is 14.5 Å². The van der Waals surface area contributed by atoms with Crippen molar-refractivity contribution in [2.24, 2.45) is 5.10 Å². The van der Waals surface area contributed by atoms with Gasteiger partial charge in [0.2, 0.25) is 0 Å². The summed E-state index contributed by atoms with van der Waals surface area (Å²) in [4.78, 5) is 22.4. The Kier molecular flexibility index (Phi) is 7.00. The largest absolute Gasteiger partial charge is 0.489 e. The monoisotopic (exact) mass is 431 g/mol. The molecule has 3 rings (SSSR count). The van der Waals surface area contributed by atoms with Gasteiger partial charge >= 0.3 is 0 Å². The highest BCUT2D eigenvalue weighted by Gasteiger charge is 2.13. The molecule has 0 fully saturated rings. The van der Waals surface area contributed by atoms with Crippen LogP contribution in [0.5, 0.6) is 5.75 Å². The van der Waals surface area contributed by atoms with Crippen molar-refractivity contribution in [1.29, 1.82) is 0 Å². The minimum atomic E-state index is -0.472. The van der Waals surface area contributed by atoms with Crippen LogP contribution in [0.4, 0.5) is 5.69 Å². The Balaban J connectivity index is 1.51. The number of nitrogens with one attached hydrogen (secondary N) is 1. The van der Waals surface area contributed by atoms with Crippen LogP contribution in [-0.2, 0) is 12.0 Å². The number of hydrogen-bond donors (Lipinski definition) is 1. The Labute approximate surface area is 186 Å². The first-order chi connectivity index (χ1) is 15.2. The number of non-ortho nitro benzene ring substituents is 1. The summed E-state index contributed by atoms with van der Waals surface area (Å²) in [7, 11) is 0. The van der Waals surface area contributed by atoms with E-state index in [1.165, 1.54) is 23.9 Å². The third-order valence-electron chi connectivity index (χ3n) is 4.83. The summed E-state index contributed by atoms with van der Waals surface area (Å²) >= 11 is 0. The number of amides is 1. The van der Waals surface area contributed by atoms with Crippen molar-refractivity contribution in [3.8, 4) is 5.75 Å². The molecule has 7 nitrogen and oxygen atoms in total. The number of nitrogens with zero attached hydrogens (tertiary/aromatic N) is 2. The lowest BCUT2D eigenvalue weighted by Crippen LogP contribution is -2.17. The molecule has 7 heteroatoms. The van der Waals surface area contributed by atoms with Crippen molar-refractivity contribution in [3.05, 3.63) is 105 Å². The van der Waals surface area contributed by atoms with Crippen LogP contribution in [0.3, 0.4) is 0 Å². The molecule has 32 heavy (non-hydrogen) atoms. The zero-order valence-corrected chi connectivity index (χ0v) is 18.2. The summed E-state index contributed by atoms with van der Waals surface area (Å²) < 4.78 is 5.83. The smallest absolute Gasteiger partial charge is 0.271 e. The van der Waals surface area contributed by atoms with Crippen molar-refractivity contribution in [1.82, 2.24) is 5.43 Å². The maximum Gasteiger partial charge on any atom is 0.271 e. The summed E-state index contributed by atoms with van der Waals surface area (Å²) in [5.74, 6) is 0.439. The van der Waals surface area contributed by atoms with E-state index in [4.69, 9.17) is 4.74 Å². The first kappa shape index (κ1) is 22.7. The second kappa shape index (κ2) is 9.87. The molecule has 1 amide bonds. The zero-order valence-electron chi connectivity index (χ0n) is 18.2. The number of ether oxygens (including phenoxy) is 1. The van der Waals surface area contributed by atoms with Gasteiger partial charge in [0.25, 0.3) is 11.6 Å². The highest BCUT2D eigenvalue weighted by atomic mass is 16.6. The third kappa shape index (κ3) is 6.25. The van der Waals surface area contributed by atoms with Crippen molar-refractivity contribution in [2.75, 3.05) is 0 Å². The molecule has 0 saturated heterocycles. The number of carbonyl (C=O) groups is 1. The summed E-state index contributed by atoms with van der Waals surface area (Å²) in [6, 6.07) is 21.0. The molecule has 3 aromatic carbocycles. The molecule has 0 aliphatic rings. The van der Waals surface area contributed by atoms with E-state index in [1.807, 2.05) is 24.3 Å². The SMILES string of the molecule is CC(C)(C)c1ccc(OCc2ccc(C(=O)N/N=C/c3ccc([N+](=O)[O-])cc3)cc2)cc1. The van der Waals surface area contributed by atoms with E-state index in [9.17, 15) is 14.9 Å². The number of benzene rings is 3. The minimum Gasteiger partial charge on any atom is -0.489 e. The fraction of sp³-hybridized carbons (Fsp3) is 0.200. The summed E-state index contributed by atoms with van der Waals surface area (Å²) in [6.45, 7) is 6.90. The maximum absolute atomic E-state index is 12.2. The molecule has 3 aromatic rings. The quantitative estimate of drug-likeness (QED) is 0.315. The molecule has 0 aliphatic heterocycles. The maximum atomic E-state index is 12.2. The summed E-state index contributed by atoms with van der Waals surface area (Å²) in [6.07, 6.45) is 1.43. The van der Waals surface area contributed by atoms with Gasteiger partial charge in [0.05, 0.1) is 11.1 Å². The van der Waals surface area contributed by atoms with Gasteiger partial charge in [-0.2, -0.15) is 5.10 Å². The van der Waals surface area contributed by atoms with Crippen LogP contribution in [0.25, 0.3) is 0 Å². The minimum absolute atomic E-state index is 0.00261. The van der Waals surface area contributed by atoms with Crippen LogP contribution < -0.4 is 10.2 Å². The topological polar surface area (TPSA) is 93.8 Å². The lowest BCUT2D eigenvalue weighted by atomic mass is 9.87. The van der Waals surface area contributed by atoms with Crippen LogP contribution in [0, 0.1) is 10.1 Å². The van der Waals surface area contributed by atoms with E-state index < -0.39 is 4.92 Å². The van der Waals surface area contributed by atoms with E-state index in [0.29, 0.717) is 17.7 Å². The van der Waals surface area contributed by atoms with Gasteiger partial charge in [-0.1, -0.05) is 45.0 Å². The van der Waals surface area contributed by atoms with Gasteiger partial charge in [0.1, 0.15) is 12.4 Å². The number of nitro groups is 1. The fourth-order valence-electron chi connectivity index (χ4n) is 2.88. The zero-order chi connectivity index (χ0) is 23.1. The van der Waals surface area contributed by atoms with Crippen LogP contribution in [0.15, 0.2) is 77.9 Å². The molecule has 0 aliphatic carbocycles. The highest BCUT2D eigenvalue weighted by molar-refractivity contribution is 5.94.